The van der Waals surface area contributed by atoms with Crippen molar-refractivity contribution in [2.45, 2.75) is 52.6 Å². The van der Waals surface area contributed by atoms with Gasteiger partial charge >= 0.3 is 0 Å². The predicted molar refractivity (Wildman–Crippen MR) is 158 cm³/mol. The van der Waals surface area contributed by atoms with Crippen molar-refractivity contribution >= 4 is 34.8 Å². The number of amides is 1. The number of nitrogen functional groups attached to an aromatic ring is 1. The molecule has 0 radical (unpaired) electrons. The Morgan fingerprint density at radius 2 is 1.67 bits per heavy atom. The predicted octanol–water partition coefficient (Wildman–Crippen LogP) is 4.79. The summed E-state index contributed by atoms with van der Waals surface area (Å²) in [5, 5.41) is 3.38. The van der Waals surface area contributed by atoms with Gasteiger partial charge in [-0.2, -0.15) is 0 Å². The number of carbonyl (C=O) groups is 1. The lowest BCUT2D eigenvalue weighted by Crippen LogP contribution is -2.39. The second kappa shape index (κ2) is 15.7. The molecule has 4 rings (SSSR count). The van der Waals surface area contributed by atoms with Crippen LogP contribution in [-0.2, 0) is 13.1 Å². The zero-order valence-corrected chi connectivity index (χ0v) is 24.7. The minimum absolute atomic E-state index is 0.179. The Kier molecular flexibility index (Phi) is 12.4. The number of aromatic nitrogens is 4. The van der Waals surface area contributed by atoms with Gasteiger partial charge in [0, 0.05) is 56.4 Å². The van der Waals surface area contributed by atoms with Crippen molar-refractivity contribution in [2.75, 3.05) is 44.9 Å². The Balaban J connectivity index is 0.000000353. The third-order valence-electron chi connectivity index (χ3n) is 7.08. The van der Waals surface area contributed by atoms with Crippen molar-refractivity contribution in [1.29, 1.82) is 0 Å². The van der Waals surface area contributed by atoms with Crippen LogP contribution in [0.4, 0.5) is 5.69 Å². The number of rotatable bonds is 11. The molecule has 0 bridgehead atoms. The third-order valence-corrected chi connectivity index (χ3v) is 7.67. The maximum Gasteiger partial charge on any atom is 0.255 e. The van der Waals surface area contributed by atoms with Crippen molar-refractivity contribution in [3.63, 3.8) is 0 Å². The Hall–Kier alpha value is -2.75. The summed E-state index contributed by atoms with van der Waals surface area (Å²) in [6.45, 7) is 9.91. The molecule has 0 unspecified atom stereocenters. The Morgan fingerprint density at radius 1 is 1.05 bits per heavy atom. The number of nitrogens with two attached hydrogens (primary N) is 1. The molecule has 1 amide bonds. The van der Waals surface area contributed by atoms with Gasteiger partial charge in [-0.15, -0.1) is 11.6 Å². The number of ether oxygens (including phenoxy) is 1. The smallest absolute Gasteiger partial charge is 0.255 e. The summed E-state index contributed by atoms with van der Waals surface area (Å²) in [5.74, 6) is 3.59. The van der Waals surface area contributed by atoms with Gasteiger partial charge in [-0.3, -0.25) is 4.79 Å². The molecule has 3 aromatic rings. The van der Waals surface area contributed by atoms with Gasteiger partial charge in [0.15, 0.2) is 0 Å². The van der Waals surface area contributed by atoms with Gasteiger partial charge in [0.25, 0.3) is 5.91 Å². The molecule has 214 valence electrons. The van der Waals surface area contributed by atoms with E-state index in [1.54, 1.807) is 12.1 Å². The summed E-state index contributed by atoms with van der Waals surface area (Å²) in [7, 11) is 1.52. The zero-order chi connectivity index (χ0) is 28.2. The van der Waals surface area contributed by atoms with Gasteiger partial charge < -0.3 is 29.8 Å². The van der Waals surface area contributed by atoms with E-state index in [-0.39, 0.29) is 5.91 Å². The van der Waals surface area contributed by atoms with E-state index in [4.69, 9.17) is 33.7 Å². The summed E-state index contributed by atoms with van der Waals surface area (Å²) in [6.07, 6.45) is 12.0. The molecule has 3 N–H and O–H groups in total. The molecule has 0 saturated carbocycles. The van der Waals surface area contributed by atoms with Crippen LogP contribution in [0.25, 0.3) is 0 Å². The molecule has 9 nitrogen and oxygen atoms in total. The first-order valence-electron chi connectivity index (χ1n) is 13.5. The number of alkyl halides is 1. The lowest BCUT2D eigenvalue weighted by molar-refractivity contribution is 0.0933. The first-order chi connectivity index (χ1) is 18.8. The van der Waals surface area contributed by atoms with Gasteiger partial charge in [0.2, 0.25) is 0 Å². The number of halogens is 2. The lowest BCUT2D eigenvalue weighted by atomic mass is 9.96. The minimum Gasteiger partial charge on any atom is -0.496 e. The van der Waals surface area contributed by atoms with Crippen molar-refractivity contribution in [1.82, 2.24) is 29.3 Å². The molecule has 3 heterocycles. The first-order valence-corrected chi connectivity index (χ1v) is 14.4. The summed E-state index contributed by atoms with van der Waals surface area (Å²) in [5.41, 5.74) is 6.60. The van der Waals surface area contributed by atoms with E-state index < -0.39 is 0 Å². The van der Waals surface area contributed by atoms with E-state index >= 15 is 0 Å². The summed E-state index contributed by atoms with van der Waals surface area (Å²) in [6, 6.07) is 3.15. The molecule has 1 aromatic carbocycles. The number of anilines is 1. The highest BCUT2D eigenvalue weighted by Crippen LogP contribution is 2.29. The van der Waals surface area contributed by atoms with Crippen LogP contribution in [0, 0.1) is 19.8 Å². The average molecular weight is 579 g/mol. The summed E-state index contributed by atoms with van der Waals surface area (Å²) in [4.78, 5) is 23.4. The average Bonchev–Trinajstić information content (AvgIpc) is 3.55. The topological polar surface area (TPSA) is 103 Å². The van der Waals surface area contributed by atoms with Gasteiger partial charge in [-0.1, -0.05) is 11.6 Å². The highest BCUT2D eigenvalue weighted by molar-refractivity contribution is 6.33. The number of imidazole rings is 2. The number of likely N-dealkylation sites (tertiary alicyclic amines) is 1. The van der Waals surface area contributed by atoms with E-state index in [1.165, 1.54) is 7.11 Å². The monoisotopic (exact) mass is 577 g/mol. The Bertz CT molecular complexity index is 1170. The van der Waals surface area contributed by atoms with Crippen molar-refractivity contribution < 1.29 is 9.53 Å². The normalized spacial score (nSPS) is 14.1. The van der Waals surface area contributed by atoms with Crippen molar-refractivity contribution in [2.24, 2.45) is 5.92 Å². The molecule has 1 fully saturated rings. The standard InChI is InChI=1S/C21H30ClN5O2.C7H11ClN2/c1-15-24-6-11-27(15)8-3-7-26-9-4-16(5-10-26)14-25-21(28)17-12-18(22)19(23)13-20(17)29-2;1-7-9-4-6-10(7)5-2-3-8/h6,11-13,16H,3-5,7-10,14,23H2,1-2H3,(H,25,28);4,6H,2-3,5H2,1H3. The highest BCUT2D eigenvalue weighted by atomic mass is 35.5. The van der Waals surface area contributed by atoms with Crippen LogP contribution in [-0.4, -0.2) is 69.1 Å². The minimum atomic E-state index is -0.179. The fourth-order valence-electron chi connectivity index (χ4n) is 4.64. The summed E-state index contributed by atoms with van der Waals surface area (Å²) >= 11 is 11.6. The van der Waals surface area contributed by atoms with Crippen LogP contribution in [0.2, 0.25) is 5.02 Å². The molecule has 2 aromatic heterocycles. The molecule has 1 aliphatic rings. The van der Waals surface area contributed by atoms with Crippen molar-refractivity contribution in [3.05, 3.63) is 59.2 Å². The zero-order valence-electron chi connectivity index (χ0n) is 23.2. The number of methoxy groups -OCH3 is 1. The molecule has 11 heteroatoms. The van der Waals surface area contributed by atoms with E-state index in [9.17, 15) is 4.79 Å². The summed E-state index contributed by atoms with van der Waals surface area (Å²) < 4.78 is 9.56. The quantitative estimate of drug-likeness (QED) is 0.251. The van der Waals surface area contributed by atoms with Gasteiger partial charge in [-0.05, 0) is 71.1 Å². The van der Waals surface area contributed by atoms with E-state index in [2.05, 4.69) is 29.3 Å². The van der Waals surface area contributed by atoms with E-state index in [0.29, 0.717) is 34.5 Å². The van der Waals surface area contributed by atoms with Crippen LogP contribution >= 0.6 is 23.2 Å². The number of carbonyl (C=O) groups excluding carboxylic acids is 1. The van der Waals surface area contributed by atoms with Crippen LogP contribution in [0.1, 0.15) is 47.7 Å². The number of piperidine rings is 1. The molecule has 39 heavy (non-hydrogen) atoms. The largest absolute Gasteiger partial charge is 0.496 e. The SMILES string of the molecule is COc1cc(N)c(Cl)cc1C(=O)NCC1CCN(CCCn2ccnc2C)CC1.Cc1nccn1CCCCl. The molecule has 0 spiro atoms. The van der Waals surface area contributed by atoms with E-state index in [0.717, 1.165) is 75.9 Å². The third kappa shape index (κ3) is 9.44. The molecular formula is C28H41Cl2N7O2. The second-order valence-corrected chi connectivity index (χ2v) is 10.6. The Morgan fingerprint density at radius 3 is 2.21 bits per heavy atom. The highest BCUT2D eigenvalue weighted by Gasteiger charge is 2.21. The van der Waals surface area contributed by atoms with Crippen LogP contribution < -0.4 is 15.8 Å². The fraction of sp³-hybridized carbons (Fsp3) is 0.536. The Labute approximate surface area is 241 Å². The molecular weight excluding hydrogens is 537 g/mol. The van der Waals surface area contributed by atoms with Crippen LogP contribution in [0.15, 0.2) is 36.9 Å². The lowest BCUT2D eigenvalue weighted by Gasteiger charge is -2.32. The maximum atomic E-state index is 12.6. The number of aryl methyl sites for hydroxylation is 4. The van der Waals surface area contributed by atoms with Gasteiger partial charge in [-0.25, -0.2) is 9.97 Å². The number of nitrogens with zero attached hydrogens (tertiary/aromatic N) is 5. The number of nitrogens with one attached hydrogen (secondary N) is 1. The van der Waals surface area contributed by atoms with Crippen LogP contribution in [0.5, 0.6) is 5.75 Å². The van der Waals surface area contributed by atoms with Gasteiger partial charge in [0.1, 0.15) is 17.4 Å². The van der Waals surface area contributed by atoms with Crippen molar-refractivity contribution in [3.8, 4) is 5.75 Å². The fourth-order valence-corrected chi connectivity index (χ4v) is 4.92. The maximum absolute atomic E-state index is 12.6. The van der Waals surface area contributed by atoms with Crippen LogP contribution in [0.3, 0.4) is 0 Å². The molecule has 1 saturated heterocycles. The number of hydrogen-bond donors (Lipinski definition) is 2. The van der Waals surface area contributed by atoms with Gasteiger partial charge in [0.05, 0.1) is 23.4 Å². The number of hydrogen-bond acceptors (Lipinski definition) is 6. The molecule has 0 aliphatic carbocycles. The molecule has 1 aliphatic heterocycles. The number of benzene rings is 1. The second-order valence-electron chi connectivity index (χ2n) is 9.80. The molecule has 0 atom stereocenters. The van der Waals surface area contributed by atoms with E-state index in [1.807, 2.05) is 38.6 Å². The first kappa shape index (κ1) is 30.8.